The Kier molecular flexibility index (Phi) is 1.60. The van der Waals surface area contributed by atoms with Crippen LogP contribution in [0.2, 0.25) is 0 Å². The molecule has 0 atom stereocenters. The Morgan fingerprint density at radius 3 is 3.00 bits per heavy atom. The normalized spacial score (nSPS) is 10.8. The van der Waals surface area contributed by atoms with Gasteiger partial charge >= 0.3 is 0 Å². The second-order valence-electron chi connectivity index (χ2n) is 2.09. The van der Waals surface area contributed by atoms with E-state index in [4.69, 9.17) is 5.73 Å². The lowest BCUT2D eigenvalue weighted by Crippen LogP contribution is -2.00. The van der Waals surface area contributed by atoms with Gasteiger partial charge in [-0.1, -0.05) is 0 Å². The van der Waals surface area contributed by atoms with Crippen LogP contribution in [0.4, 0.5) is 10.2 Å². The maximum atomic E-state index is 12.9. The number of fused-ring (bicyclic) bond motifs is 1. The number of nitrogen functional groups attached to an aromatic ring is 1. The van der Waals surface area contributed by atoms with Crippen molar-refractivity contribution >= 4 is 33.9 Å². The SMILES string of the molecule is Nc1ncnn2nc(F)c(I)c12. The van der Waals surface area contributed by atoms with Crippen molar-refractivity contribution in [3.63, 3.8) is 0 Å². The first kappa shape index (κ1) is 7.65. The minimum Gasteiger partial charge on any atom is -0.382 e. The van der Waals surface area contributed by atoms with Crippen molar-refractivity contribution in [2.75, 3.05) is 5.73 Å². The molecule has 0 aromatic carbocycles. The molecule has 2 heterocycles. The van der Waals surface area contributed by atoms with Gasteiger partial charge in [-0.25, -0.2) is 4.98 Å². The summed E-state index contributed by atoms with van der Waals surface area (Å²) < 4.78 is 14.3. The summed E-state index contributed by atoms with van der Waals surface area (Å²) in [4.78, 5) is 3.72. The van der Waals surface area contributed by atoms with Crippen LogP contribution in [0.25, 0.3) is 5.52 Å². The Labute approximate surface area is 79.9 Å². The van der Waals surface area contributed by atoms with Crippen molar-refractivity contribution in [3.8, 4) is 0 Å². The van der Waals surface area contributed by atoms with Crippen molar-refractivity contribution in [1.82, 2.24) is 19.8 Å². The van der Waals surface area contributed by atoms with Gasteiger partial charge in [-0.05, 0) is 22.6 Å². The van der Waals surface area contributed by atoms with Crippen LogP contribution in [0, 0.1) is 9.52 Å². The average molecular weight is 279 g/mol. The maximum absolute atomic E-state index is 12.9. The number of anilines is 1. The molecule has 2 rings (SSSR count). The molecular formula is C5H3FIN5. The van der Waals surface area contributed by atoms with Crippen molar-refractivity contribution in [2.45, 2.75) is 0 Å². The van der Waals surface area contributed by atoms with E-state index in [0.717, 1.165) is 4.63 Å². The zero-order valence-corrected chi connectivity index (χ0v) is 7.86. The Bertz CT molecular complexity index is 439. The molecule has 0 bridgehead atoms. The Morgan fingerprint density at radius 1 is 1.58 bits per heavy atom. The molecule has 0 aliphatic heterocycles. The molecule has 0 spiro atoms. The molecule has 2 aromatic heterocycles. The highest BCUT2D eigenvalue weighted by Gasteiger charge is 2.12. The van der Waals surface area contributed by atoms with Gasteiger partial charge in [0.1, 0.15) is 15.4 Å². The van der Waals surface area contributed by atoms with Crippen LogP contribution in [0.3, 0.4) is 0 Å². The summed E-state index contributed by atoms with van der Waals surface area (Å²) in [5, 5.41) is 7.18. The zero-order chi connectivity index (χ0) is 8.72. The monoisotopic (exact) mass is 279 g/mol. The topological polar surface area (TPSA) is 69.1 Å². The smallest absolute Gasteiger partial charge is 0.248 e. The summed E-state index contributed by atoms with van der Waals surface area (Å²) in [5.41, 5.74) is 5.90. The van der Waals surface area contributed by atoms with E-state index in [0.29, 0.717) is 9.09 Å². The second kappa shape index (κ2) is 2.51. The standard InChI is InChI=1S/C5H3FIN5/c6-4-2(7)3-5(8)9-1-10-12(3)11-4/h1H,(H2,8,9,10). The van der Waals surface area contributed by atoms with Crippen LogP contribution in [0.5, 0.6) is 0 Å². The van der Waals surface area contributed by atoms with Crippen LogP contribution in [0.15, 0.2) is 6.33 Å². The lowest BCUT2D eigenvalue weighted by Gasteiger charge is -1.93. The first-order valence-electron chi connectivity index (χ1n) is 3.00. The van der Waals surface area contributed by atoms with Crippen LogP contribution >= 0.6 is 22.6 Å². The zero-order valence-electron chi connectivity index (χ0n) is 5.70. The lowest BCUT2D eigenvalue weighted by atomic mass is 10.5. The molecule has 0 amide bonds. The molecule has 0 fully saturated rings. The molecule has 5 nitrogen and oxygen atoms in total. The fourth-order valence-electron chi connectivity index (χ4n) is 0.859. The number of halogens is 2. The van der Waals surface area contributed by atoms with Crippen LogP contribution < -0.4 is 5.73 Å². The number of hydrogen-bond acceptors (Lipinski definition) is 4. The van der Waals surface area contributed by atoms with Gasteiger partial charge in [0.25, 0.3) is 0 Å². The first-order chi connectivity index (χ1) is 5.70. The molecule has 0 aliphatic rings. The van der Waals surface area contributed by atoms with Crippen molar-refractivity contribution in [3.05, 3.63) is 15.8 Å². The van der Waals surface area contributed by atoms with E-state index in [-0.39, 0.29) is 5.82 Å². The van der Waals surface area contributed by atoms with Gasteiger partial charge in [-0.2, -0.15) is 4.39 Å². The number of rotatable bonds is 0. The average Bonchev–Trinajstić information content (AvgIpc) is 2.29. The van der Waals surface area contributed by atoms with Gasteiger partial charge < -0.3 is 5.73 Å². The van der Waals surface area contributed by atoms with Crippen molar-refractivity contribution in [1.29, 1.82) is 0 Å². The van der Waals surface area contributed by atoms with Gasteiger partial charge in [-0.3, -0.25) is 0 Å². The Hall–Kier alpha value is -0.990. The molecule has 0 aliphatic carbocycles. The summed E-state index contributed by atoms with van der Waals surface area (Å²) in [6, 6.07) is 0. The third kappa shape index (κ3) is 0.924. The van der Waals surface area contributed by atoms with Gasteiger partial charge in [0.2, 0.25) is 5.95 Å². The lowest BCUT2D eigenvalue weighted by molar-refractivity contribution is 0.554. The van der Waals surface area contributed by atoms with E-state index in [1.54, 1.807) is 22.6 Å². The Balaban J connectivity index is 2.97. The second-order valence-corrected chi connectivity index (χ2v) is 3.17. The predicted molar refractivity (Wildman–Crippen MR) is 47.9 cm³/mol. The highest BCUT2D eigenvalue weighted by atomic mass is 127. The largest absolute Gasteiger partial charge is 0.382 e. The number of hydrogen-bond donors (Lipinski definition) is 1. The van der Waals surface area contributed by atoms with Gasteiger partial charge in [0.15, 0.2) is 5.82 Å². The summed E-state index contributed by atoms with van der Waals surface area (Å²) in [5.74, 6) is -0.353. The molecule has 0 saturated heterocycles. The third-order valence-corrected chi connectivity index (χ3v) is 2.33. The third-order valence-electron chi connectivity index (χ3n) is 1.37. The molecule has 2 aromatic rings. The summed E-state index contributed by atoms with van der Waals surface area (Å²) in [7, 11) is 0. The molecular weight excluding hydrogens is 276 g/mol. The molecule has 62 valence electrons. The summed E-state index contributed by atoms with van der Waals surface area (Å²) in [6.07, 6.45) is 1.23. The van der Waals surface area contributed by atoms with Gasteiger partial charge in [-0.15, -0.1) is 14.8 Å². The van der Waals surface area contributed by atoms with Crippen molar-refractivity contribution < 1.29 is 4.39 Å². The van der Waals surface area contributed by atoms with Crippen LogP contribution in [-0.2, 0) is 0 Å². The number of nitrogens with zero attached hydrogens (tertiary/aromatic N) is 4. The highest BCUT2D eigenvalue weighted by Crippen LogP contribution is 2.19. The number of aromatic nitrogens is 4. The minimum absolute atomic E-state index is 0.228. The van der Waals surface area contributed by atoms with E-state index >= 15 is 0 Å². The number of nitrogens with two attached hydrogens (primary N) is 1. The molecule has 0 saturated carbocycles. The first-order valence-corrected chi connectivity index (χ1v) is 4.08. The molecule has 0 radical (unpaired) electrons. The summed E-state index contributed by atoms with van der Waals surface area (Å²) in [6.45, 7) is 0. The predicted octanol–water partition coefficient (Wildman–Crippen LogP) is 0.450. The molecule has 0 unspecified atom stereocenters. The Morgan fingerprint density at radius 2 is 2.33 bits per heavy atom. The van der Waals surface area contributed by atoms with Crippen LogP contribution in [0.1, 0.15) is 0 Å². The van der Waals surface area contributed by atoms with Crippen molar-refractivity contribution in [2.24, 2.45) is 0 Å². The van der Waals surface area contributed by atoms with E-state index in [2.05, 4.69) is 15.2 Å². The highest BCUT2D eigenvalue weighted by molar-refractivity contribution is 14.1. The van der Waals surface area contributed by atoms with E-state index in [1.165, 1.54) is 6.33 Å². The fraction of sp³-hybridized carbons (Fsp3) is 0. The van der Waals surface area contributed by atoms with Crippen LogP contribution in [-0.4, -0.2) is 19.8 Å². The molecule has 12 heavy (non-hydrogen) atoms. The van der Waals surface area contributed by atoms with E-state index < -0.39 is 5.95 Å². The van der Waals surface area contributed by atoms with Gasteiger partial charge in [0.05, 0.1) is 0 Å². The van der Waals surface area contributed by atoms with Gasteiger partial charge in [0, 0.05) is 0 Å². The van der Waals surface area contributed by atoms with E-state index in [1.807, 2.05) is 0 Å². The quantitative estimate of drug-likeness (QED) is 0.711. The summed E-state index contributed by atoms with van der Waals surface area (Å²) >= 11 is 1.81. The molecule has 2 N–H and O–H groups in total. The molecule has 7 heteroatoms. The minimum atomic E-state index is -0.581. The van der Waals surface area contributed by atoms with E-state index in [9.17, 15) is 4.39 Å². The maximum Gasteiger partial charge on any atom is 0.248 e. The fourth-order valence-corrected chi connectivity index (χ4v) is 1.46.